The third kappa shape index (κ3) is 5.08. The summed E-state index contributed by atoms with van der Waals surface area (Å²) in [5.41, 5.74) is -0.459. The summed E-state index contributed by atoms with van der Waals surface area (Å²) in [5, 5.41) is 22.2. The van der Waals surface area contributed by atoms with Gasteiger partial charge in [0.1, 0.15) is 12.2 Å². The molecule has 1 unspecified atom stereocenters. The zero-order valence-corrected chi connectivity index (χ0v) is 12.3. The van der Waals surface area contributed by atoms with Crippen LogP contribution in [0.5, 0.6) is 11.5 Å². The largest absolute Gasteiger partial charge is 0.493 e. The smallest absolute Gasteiger partial charge is 0.162 e. The van der Waals surface area contributed by atoms with E-state index in [2.05, 4.69) is 12.2 Å². The van der Waals surface area contributed by atoms with Crippen molar-refractivity contribution in [3.05, 3.63) is 23.8 Å². The van der Waals surface area contributed by atoms with Crippen LogP contribution in [0.4, 0.5) is 0 Å². The summed E-state index contributed by atoms with van der Waals surface area (Å²) >= 11 is 0. The molecule has 1 aromatic carbocycles. The van der Waals surface area contributed by atoms with Gasteiger partial charge in [0.2, 0.25) is 0 Å². The van der Waals surface area contributed by atoms with Crippen molar-refractivity contribution in [3.8, 4) is 17.6 Å². The Morgan fingerprint density at radius 1 is 1.40 bits per heavy atom. The summed E-state index contributed by atoms with van der Waals surface area (Å²) in [5.74, 6) is 1.00. The molecule has 0 aliphatic carbocycles. The Morgan fingerprint density at radius 2 is 2.15 bits per heavy atom. The van der Waals surface area contributed by atoms with Gasteiger partial charge in [0.15, 0.2) is 11.5 Å². The topological polar surface area (TPSA) is 74.5 Å². The molecule has 0 amide bonds. The fourth-order valence-electron chi connectivity index (χ4n) is 1.68. The number of nitriles is 1. The second-order valence-corrected chi connectivity index (χ2v) is 4.94. The van der Waals surface area contributed by atoms with Gasteiger partial charge >= 0.3 is 0 Å². The molecule has 0 aliphatic rings. The standard InChI is InChI=1S/C15H22N2O3/c1-4-7-17-10-15(2,18)11-20-13-6-5-12(9-16)8-14(13)19-3/h5-6,8,17-18H,4,7,10-11H2,1-3H3. The summed E-state index contributed by atoms with van der Waals surface area (Å²) in [6, 6.07) is 6.98. The minimum absolute atomic E-state index is 0.145. The van der Waals surface area contributed by atoms with Crippen LogP contribution in [-0.2, 0) is 0 Å². The van der Waals surface area contributed by atoms with Crippen molar-refractivity contribution >= 4 is 0 Å². The fourth-order valence-corrected chi connectivity index (χ4v) is 1.68. The average molecular weight is 278 g/mol. The molecular formula is C15H22N2O3. The van der Waals surface area contributed by atoms with Crippen molar-refractivity contribution in [2.45, 2.75) is 25.9 Å². The predicted octanol–water partition coefficient (Wildman–Crippen LogP) is 1.70. The third-order valence-electron chi connectivity index (χ3n) is 2.76. The van der Waals surface area contributed by atoms with Crippen molar-refractivity contribution in [2.75, 3.05) is 26.8 Å². The number of benzene rings is 1. The van der Waals surface area contributed by atoms with Gasteiger partial charge in [0.05, 0.1) is 18.7 Å². The van der Waals surface area contributed by atoms with Gasteiger partial charge in [-0.25, -0.2) is 0 Å². The first-order chi connectivity index (χ1) is 9.52. The molecule has 0 saturated carbocycles. The van der Waals surface area contributed by atoms with E-state index in [-0.39, 0.29) is 6.61 Å². The number of nitrogens with zero attached hydrogens (tertiary/aromatic N) is 1. The highest BCUT2D eigenvalue weighted by Crippen LogP contribution is 2.28. The predicted molar refractivity (Wildman–Crippen MR) is 77.0 cm³/mol. The average Bonchev–Trinajstić information content (AvgIpc) is 2.45. The number of aliphatic hydroxyl groups is 1. The first-order valence-electron chi connectivity index (χ1n) is 6.66. The highest BCUT2D eigenvalue weighted by atomic mass is 16.5. The maximum atomic E-state index is 10.2. The molecule has 0 spiro atoms. The van der Waals surface area contributed by atoms with E-state index in [4.69, 9.17) is 14.7 Å². The minimum Gasteiger partial charge on any atom is -0.493 e. The molecule has 2 N–H and O–H groups in total. The Bertz CT molecular complexity index is 467. The molecule has 0 bridgehead atoms. The Hall–Kier alpha value is -1.77. The van der Waals surface area contributed by atoms with Crippen LogP contribution in [0, 0.1) is 11.3 Å². The number of nitrogens with one attached hydrogen (secondary N) is 1. The summed E-state index contributed by atoms with van der Waals surface area (Å²) in [7, 11) is 1.52. The molecule has 0 fully saturated rings. The Labute approximate surface area is 120 Å². The van der Waals surface area contributed by atoms with E-state index < -0.39 is 5.60 Å². The van der Waals surface area contributed by atoms with Gasteiger partial charge in [-0.15, -0.1) is 0 Å². The van der Waals surface area contributed by atoms with Crippen LogP contribution in [0.15, 0.2) is 18.2 Å². The summed E-state index contributed by atoms with van der Waals surface area (Å²) in [4.78, 5) is 0. The van der Waals surface area contributed by atoms with Gasteiger partial charge < -0.3 is 19.9 Å². The third-order valence-corrected chi connectivity index (χ3v) is 2.76. The summed E-state index contributed by atoms with van der Waals surface area (Å²) < 4.78 is 10.8. The van der Waals surface area contributed by atoms with Crippen molar-refractivity contribution in [1.29, 1.82) is 5.26 Å². The van der Waals surface area contributed by atoms with Gasteiger partial charge in [-0.3, -0.25) is 0 Å². The minimum atomic E-state index is -0.964. The van der Waals surface area contributed by atoms with Gasteiger partial charge in [-0.05, 0) is 32.0 Å². The number of ether oxygens (including phenoxy) is 2. The first kappa shape index (κ1) is 16.3. The number of hydrogen-bond acceptors (Lipinski definition) is 5. The number of rotatable bonds is 8. The van der Waals surface area contributed by atoms with Gasteiger partial charge in [0, 0.05) is 12.6 Å². The molecule has 5 heteroatoms. The monoisotopic (exact) mass is 278 g/mol. The van der Waals surface area contributed by atoms with Crippen molar-refractivity contribution in [2.24, 2.45) is 0 Å². The number of methoxy groups -OCH3 is 1. The highest BCUT2D eigenvalue weighted by Gasteiger charge is 2.21. The van der Waals surface area contributed by atoms with Gasteiger partial charge in [-0.1, -0.05) is 6.92 Å². The molecule has 5 nitrogen and oxygen atoms in total. The van der Waals surface area contributed by atoms with Crippen LogP contribution in [0.2, 0.25) is 0 Å². The summed E-state index contributed by atoms with van der Waals surface area (Å²) in [6.07, 6.45) is 1.01. The van der Waals surface area contributed by atoms with Crippen LogP contribution >= 0.6 is 0 Å². The molecule has 0 heterocycles. The quantitative estimate of drug-likeness (QED) is 0.708. The fraction of sp³-hybridized carbons (Fsp3) is 0.533. The van der Waals surface area contributed by atoms with Crippen LogP contribution in [-0.4, -0.2) is 37.5 Å². The number of hydrogen-bond donors (Lipinski definition) is 2. The second kappa shape index (κ2) is 7.73. The van der Waals surface area contributed by atoms with Crippen molar-refractivity contribution < 1.29 is 14.6 Å². The maximum Gasteiger partial charge on any atom is 0.162 e. The van der Waals surface area contributed by atoms with Crippen molar-refractivity contribution in [3.63, 3.8) is 0 Å². The zero-order chi connectivity index (χ0) is 15.0. The lowest BCUT2D eigenvalue weighted by Gasteiger charge is -2.24. The highest BCUT2D eigenvalue weighted by molar-refractivity contribution is 5.46. The van der Waals surface area contributed by atoms with E-state index in [9.17, 15) is 5.11 Å². The summed E-state index contributed by atoms with van der Waals surface area (Å²) in [6.45, 7) is 5.24. The van der Waals surface area contributed by atoms with E-state index in [0.717, 1.165) is 13.0 Å². The van der Waals surface area contributed by atoms with E-state index in [0.29, 0.717) is 23.6 Å². The van der Waals surface area contributed by atoms with Crippen molar-refractivity contribution in [1.82, 2.24) is 5.32 Å². The second-order valence-electron chi connectivity index (χ2n) is 4.94. The zero-order valence-electron chi connectivity index (χ0n) is 12.3. The van der Waals surface area contributed by atoms with E-state index in [1.54, 1.807) is 25.1 Å². The molecule has 1 aromatic rings. The van der Waals surface area contributed by atoms with Gasteiger partial charge in [-0.2, -0.15) is 5.26 Å². The van der Waals surface area contributed by atoms with E-state index >= 15 is 0 Å². The van der Waals surface area contributed by atoms with Crippen LogP contribution in [0.25, 0.3) is 0 Å². The van der Waals surface area contributed by atoms with Crippen LogP contribution in [0.1, 0.15) is 25.8 Å². The molecule has 0 aliphatic heterocycles. The van der Waals surface area contributed by atoms with Crippen LogP contribution < -0.4 is 14.8 Å². The van der Waals surface area contributed by atoms with Gasteiger partial charge in [0.25, 0.3) is 0 Å². The Kier molecular flexibility index (Phi) is 6.29. The van der Waals surface area contributed by atoms with E-state index in [1.807, 2.05) is 6.07 Å². The SMILES string of the molecule is CCCNCC(C)(O)COc1ccc(C#N)cc1OC. The lowest BCUT2D eigenvalue weighted by Crippen LogP contribution is -2.43. The lowest BCUT2D eigenvalue weighted by molar-refractivity contribution is 0.0117. The molecular weight excluding hydrogens is 256 g/mol. The van der Waals surface area contributed by atoms with E-state index in [1.165, 1.54) is 7.11 Å². The molecule has 1 atom stereocenters. The normalized spacial score (nSPS) is 13.3. The molecule has 1 rings (SSSR count). The molecule has 0 radical (unpaired) electrons. The Morgan fingerprint density at radius 3 is 2.75 bits per heavy atom. The maximum absolute atomic E-state index is 10.2. The lowest BCUT2D eigenvalue weighted by atomic mass is 10.1. The molecule has 110 valence electrons. The van der Waals surface area contributed by atoms with Crippen LogP contribution in [0.3, 0.4) is 0 Å². The Balaban J connectivity index is 2.62. The molecule has 0 aromatic heterocycles. The molecule has 0 saturated heterocycles. The first-order valence-corrected chi connectivity index (χ1v) is 6.66. The molecule has 20 heavy (non-hydrogen) atoms.